The van der Waals surface area contributed by atoms with Gasteiger partial charge in [0.2, 0.25) is 0 Å². The van der Waals surface area contributed by atoms with Crippen molar-refractivity contribution >= 4 is 16.9 Å². The van der Waals surface area contributed by atoms with E-state index in [2.05, 4.69) is 5.10 Å². The van der Waals surface area contributed by atoms with Crippen molar-refractivity contribution in [3.63, 3.8) is 0 Å². The highest BCUT2D eigenvalue weighted by Crippen LogP contribution is 2.27. The van der Waals surface area contributed by atoms with E-state index in [1.807, 2.05) is 67.3 Å². The van der Waals surface area contributed by atoms with Gasteiger partial charge in [-0.05, 0) is 32.0 Å². The first-order valence-corrected chi connectivity index (χ1v) is 10.5. The molecule has 4 aromatic rings. The second kappa shape index (κ2) is 8.00. The van der Waals surface area contributed by atoms with E-state index >= 15 is 0 Å². The van der Waals surface area contributed by atoms with Crippen LogP contribution in [0.4, 0.5) is 0 Å². The number of benzene rings is 1. The Balaban J connectivity index is 1.64. The third-order valence-corrected chi connectivity index (χ3v) is 5.66. The molecule has 0 spiro atoms. The molecular formula is C24H24N4O3. The fourth-order valence-corrected chi connectivity index (χ4v) is 3.99. The number of rotatable bonds is 4. The van der Waals surface area contributed by atoms with Crippen LogP contribution in [0.15, 0.2) is 65.4 Å². The minimum Gasteiger partial charge on any atom is -0.467 e. The van der Waals surface area contributed by atoms with E-state index in [0.717, 1.165) is 22.4 Å². The minimum atomic E-state index is -0.0234. The molecule has 3 aromatic heterocycles. The molecule has 0 radical (unpaired) electrons. The second-order valence-electron chi connectivity index (χ2n) is 7.99. The summed E-state index contributed by atoms with van der Waals surface area (Å²) in [4.78, 5) is 20.4. The van der Waals surface area contributed by atoms with Crippen LogP contribution in [0.2, 0.25) is 0 Å². The van der Waals surface area contributed by atoms with Crippen molar-refractivity contribution < 1.29 is 13.9 Å². The molecule has 7 nitrogen and oxygen atoms in total. The summed E-state index contributed by atoms with van der Waals surface area (Å²) in [5, 5.41) is 5.26. The molecule has 1 fully saturated rings. The highest BCUT2D eigenvalue weighted by atomic mass is 16.5. The van der Waals surface area contributed by atoms with Gasteiger partial charge in [0.1, 0.15) is 12.3 Å². The molecule has 0 bridgehead atoms. The molecule has 1 amide bonds. The molecule has 2 atom stereocenters. The number of pyridine rings is 1. The maximum atomic E-state index is 13.7. The average Bonchev–Trinajstić information content (AvgIpc) is 3.45. The van der Waals surface area contributed by atoms with Crippen LogP contribution < -0.4 is 0 Å². The fraction of sp³-hybridized carbons (Fsp3) is 0.292. The SMILES string of the molecule is CC1CN(C(=O)c2cc(-c3ccccc3)nc3c2cnn3Cc2ccco2)C(C)CO1. The molecule has 7 heteroatoms. The van der Waals surface area contributed by atoms with Gasteiger partial charge in [0.25, 0.3) is 5.91 Å². The van der Waals surface area contributed by atoms with Gasteiger partial charge in [0, 0.05) is 12.1 Å². The Morgan fingerprint density at radius 3 is 2.77 bits per heavy atom. The fourth-order valence-electron chi connectivity index (χ4n) is 3.99. The van der Waals surface area contributed by atoms with Gasteiger partial charge >= 0.3 is 0 Å². The number of hydrogen-bond donors (Lipinski definition) is 0. The number of carbonyl (C=O) groups excluding carboxylic acids is 1. The molecule has 0 N–H and O–H groups in total. The minimum absolute atomic E-state index is 0.00487. The Kier molecular flexibility index (Phi) is 5.03. The number of fused-ring (bicyclic) bond motifs is 1. The average molecular weight is 416 g/mol. The molecule has 1 aliphatic heterocycles. The first kappa shape index (κ1) is 19.5. The first-order chi connectivity index (χ1) is 15.1. The highest BCUT2D eigenvalue weighted by Gasteiger charge is 2.30. The third kappa shape index (κ3) is 3.72. The van der Waals surface area contributed by atoms with Gasteiger partial charge in [-0.25, -0.2) is 9.67 Å². The lowest BCUT2D eigenvalue weighted by atomic mass is 10.0. The van der Waals surface area contributed by atoms with Gasteiger partial charge in [0.15, 0.2) is 5.65 Å². The van der Waals surface area contributed by atoms with Crippen LogP contribution in [-0.4, -0.2) is 50.9 Å². The van der Waals surface area contributed by atoms with Gasteiger partial charge < -0.3 is 14.1 Å². The Morgan fingerprint density at radius 1 is 1.16 bits per heavy atom. The molecule has 4 heterocycles. The Hall–Kier alpha value is -3.45. The van der Waals surface area contributed by atoms with Crippen molar-refractivity contribution in [3.8, 4) is 11.3 Å². The molecule has 158 valence electrons. The summed E-state index contributed by atoms with van der Waals surface area (Å²) in [5.74, 6) is 0.755. The van der Waals surface area contributed by atoms with Crippen LogP contribution in [0.1, 0.15) is 30.0 Å². The van der Waals surface area contributed by atoms with Gasteiger partial charge in [-0.2, -0.15) is 5.10 Å². The van der Waals surface area contributed by atoms with E-state index < -0.39 is 0 Å². The van der Waals surface area contributed by atoms with Gasteiger partial charge in [-0.1, -0.05) is 30.3 Å². The molecule has 1 aliphatic rings. The van der Waals surface area contributed by atoms with Crippen LogP contribution in [-0.2, 0) is 11.3 Å². The quantitative estimate of drug-likeness (QED) is 0.503. The summed E-state index contributed by atoms with van der Waals surface area (Å²) >= 11 is 0. The number of furan rings is 1. The largest absolute Gasteiger partial charge is 0.467 e. The monoisotopic (exact) mass is 416 g/mol. The third-order valence-electron chi connectivity index (χ3n) is 5.66. The summed E-state index contributed by atoms with van der Waals surface area (Å²) in [7, 11) is 0. The van der Waals surface area contributed by atoms with E-state index in [4.69, 9.17) is 14.1 Å². The van der Waals surface area contributed by atoms with Crippen molar-refractivity contribution in [1.82, 2.24) is 19.7 Å². The topological polar surface area (TPSA) is 73.4 Å². The lowest BCUT2D eigenvalue weighted by molar-refractivity contribution is -0.0386. The number of aromatic nitrogens is 3. The van der Waals surface area contributed by atoms with Crippen molar-refractivity contribution in [2.75, 3.05) is 13.2 Å². The molecule has 31 heavy (non-hydrogen) atoms. The number of morpholine rings is 1. The molecule has 2 unspecified atom stereocenters. The number of carbonyl (C=O) groups is 1. The summed E-state index contributed by atoms with van der Waals surface area (Å²) in [6, 6.07) is 15.5. The van der Waals surface area contributed by atoms with Crippen LogP contribution in [0.3, 0.4) is 0 Å². The maximum absolute atomic E-state index is 13.7. The van der Waals surface area contributed by atoms with E-state index in [-0.39, 0.29) is 18.1 Å². The van der Waals surface area contributed by atoms with Gasteiger partial charge in [-0.15, -0.1) is 0 Å². The van der Waals surface area contributed by atoms with Crippen LogP contribution in [0, 0.1) is 0 Å². The number of ether oxygens (including phenoxy) is 1. The normalized spacial score (nSPS) is 19.1. The molecular weight excluding hydrogens is 392 g/mol. The van der Waals surface area contributed by atoms with Crippen LogP contribution >= 0.6 is 0 Å². The zero-order chi connectivity index (χ0) is 21.4. The molecule has 0 saturated carbocycles. The smallest absolute Gasteiger partial charge is 0.255 e. The number of nitrogens with zero attached hydrogens (tertiary/aromatic N) is 4. The predicted octanol–water partition coefficient (Wildman–Crippen LogP) is 3.99. The van der Waals surface area contributed by atoms with E-state index in [9.17, 15) is 4.79 Å². The Labute approximate surface area is 180 Å². The standard InChI is InChI=1S/C24H24N4O3/c1-16-15-31-17(2)13-27(16)24(29)20-11-22(18-7-4-3-5-8-18)26-23-21(20)12-25-28(23)14-19-9-6-10-30-19/h3-12,16-17H,13-15H2,1-2H3. The Morgan fingerprint density at radius 2 is 2.00 bits per heavy atom. The predicted molar refractivity (Wildman–Crippen MR) is 117 cm³/mol. The second-order valence-corrected chi connectivity index (χ2v) is 7.99. The van der Waals surface area contributed by atoms with Crippen molar-refractivity contribution in [2.24, 2.45) is 0 Å². The first-order valence-electron chi connectivity index (χ1n) is 10.5. The number of amides is 1. The van der Waals surface area contributed by atoms with Gasteiger partial charge in [-0.3, -0.25) is 4.79 Å². The van der Waals surface area contributed by atoms with E-state index in [1.165, 1.54) is 0 Å². The van der Waals surface area contributed by atoms with Gasteiger partial charge in [0.05, 0.1) is 47.9 Å². The van der Waals surface area contributed by atoms with Crippen LogP contribution in [0.25, 0.3) is 22.3 Å². The maximum Gasteiger partial charge on any atom is 0.255 e. The lowest BCUT2D eigenvalue weighted by Gasteiger charge is -2.37. The zero-order valence-corrected chi connectivity index (χ0v) is 17.6. The lowest BCUT2D eigenvalue weighted by Crippen LogP contribution is -2.50. The molecule has 5 rings (SSSR count). The van der Waals surface area contributed by atoms with Crippen molar-refractivity contribution in [2.45, 2.75) is 32.5 Å². The summed E-state index contributed by atoms with van der Waals surface area (Å²) in [6.07, 6.45) is 3.37. The van der Waals surface area contributed by atoms with E-state index in [0.29, 0.717) is 30.9 Å². The van der Waals surface area contributed by atoms with Crippen LogP contribution in [0.5, 0.6) is 0 Å². The highest BCUT2D eigenvalue weighted by molar-refractivity contribution is 6.06. The number of hydrogen-bond acceptors (Lipinski definition) is 5. The summed E-state index contributed by atoms with van der Waals surface area (Å²) < 4.78 is 13.0. The summed E-state index contributed by atoms with van der Waals surface area (Å²) in [5.41, 5.74) is 2.96. The summed E-state index contributed by atoms with van der Waals surface area (Å²) in [6.45, 7) is 5.54. The van der Waals surface area contributed by atoms with E-state index in [1.54, 1.807) is 17.1 Å². The zero-order valence-electron chi connectivity index (χ0n) is 17.6. The Bertz CT molecular complexity index is 1200. The van der Waals surface area contributed by atoms with Crippen molar-refractivity contribution in [3.05, 3.63) is 72.3 Å². The van der Waals surface area contributed by atoms with Crippen molar-refractivity contribution in [1.29, 1.82) is 0 Å². The molecule has 1 saturated heterocycles. The molecule has 1 aromatic carbocycles. The molecule has 0 aliphatic carbocycles.